The summed E-state index contributed by atoms with van der Waals surface area (Å²) in [6.07, 6.45) is -0.305. The van der Waals surface area contributed by atoms with Crippen LogP contribution in [-0.2, 0) is 13.0 Å². The number of hydrogen-bond donors (Lipinski definition) is 3. The Balaban J connectivity index is 1.26. The third-order valence-corrected chi connectivity index (χ3v) is 7.11. The van der Waals surface area contributed by atoms with E-state index in [0.29, 0.717) is 24.4 Å². The second-order valence-electron chi connectivity index (χ2n) is 9.76. The Bertz CT molecular complexity index is 1370. The molecule has 0 fully saturated rings. The predicted molar refractivity (Wildman–Crippen MR) is 145 cm³/mol. The molecule has 1 unspecified atom stereocenters. The van der Waals surface area contributed by atoms with Gasteiger partial charge in [0.25, 0.3) is 5.91 Å². The summed E-state index contributed by atoms with van der Waals surface area (Å²) in [5.74, 6) is -0.737. The van der Waals surface area contributed by atoms with Crippen molar-refractivity contribution in [2.45, 2.75) is 38.0 Å². The van der Waals surface area contributed by atoms with Crippen LogP contribution in [0.1, 0.15) is 51.5 Å². The maximum Gasteiger partial charge on any atom is 0.254 e. The average molecular weight is 495 g/mol. The first kappa shape index (κ1) is 24.9. The van der Waals surface area contributed by atoms with E-state index < -0.39 is 23.9 Å². The van der Waals surface area contributed by atoms with Gasteiger partial charge in [-0.25, -0.2) is 4.39 Å². The molecule has 0 saturated heterocycles. The number of hydrogen-bond acceptors (Lipinski definition) is 3. The molecule has 4 aromatic rings. The molecule has 5 rings (SSSR count). The van der Waals surface area contributed by atoms with Crippen molar-refractivity contribution in [1.29, 1.82) is 0 Å². The molecule has 0 saturated carbocycles. The lowest BCUT2D eigenvalue weighted by molar-refractivity contribution is 0.0854. The summed E-state index contributed by atoms with van der Waals surface area (Å²) < 4.78 is 14.9. The minimum atomic E-state index is -0.757. The molecule has 37 heavy (non-hydrogen) atoms. The van der Waals surface area contributed by atoms with Crippen LogP contribution in [0, 0.1) is 5.82 Å². The van der Waals surface area contributed by atoms with E-state index in [1.54, 1.807) is 6.07 Å². The van der Waals surface area contributed by atoms with Crippen molar-refractivity contribution in [2.24, 2.45) is 0 Å². The smallest absolute Gasteiger partial charge is 0.254 e. The number of carbonyl (C=O) groups excluding carboxylic acids is 1. The van der Waals surface area contributed by atoms with Crippen LogP contribution in [0.5, 0.6) is 0 Å². The fraction of sp³-hybridized carbons (Fsp3) is 0.219. The quantitative estimate of drug-likeness (QED) is 0.291. The van der Waals surface area contributed by atoms with Gasteiger partial charge in [-0.3, -0.25) is 4.79 Å². The van der Waals surface area contributed by atoms with Gasteiger partial charge < -0.3 is 15.7 Å². The fourth-order valence-corrected chi connectivity index (χ4v) is 5.01. The zero-order valence-corrected chi connectivity index (χ0v) is 20.8. The van der Waals surface area contributed by atoms with Crippen molar-refractivity contribution in [3.05, 3.63) is 131 Å². The van der Waals surface area contributed by atoms with Gasteiger partial charge in [-0.1, -0.05) is 91.9 Å². The van der Waals surface area contributed by atoms with Crippen LogP contribution in [0.25, 0.3) is 11.1 Å². The normalized spacial score (nSPS) is 17.3. The molecule has 1 aliphatic rings. The number of carbonyl (C=O) groups is 1. The van der Waals surface area contributed by atoms with Crippen LogP contribution in [0.4, 0.5) is 4.39 Å². The average Bonchev–Trinajstić information content (AvgIpc) is 3.23. The molecule has 1 amide bonds. The van der Waals surface area contributed by atoms with Crippen LogP contribution in [-0.4, -0.2) is 23.7 Å². The molecule has 0 aromatic heterocycles. The van der Waals surface area contributed by atoms with Crippen molar-refractivity contribution in [1.82, 2.24) is 10.6 Å². The summed E-state index contributed by atoms with van der Waals surface area (Å²) in [4.78, 5) is 13.0. The van der Waals surface area contributed by atoms with Gasteiger partial charge in [0.1, 0.15) is 5.82 Å². The lowest BCUT2D eigenvalue weighted by Crippen LogP contribution is -2.34. The third-order valence-electron chi connectivity index (χ3n) is 7.11. The first-order chi connectivity index (χ1) is 18.0. The summed E-state index contributed by atoms with van der Waals surface area (Å²) in [7, 11) is 0. The molecule has 0 aliphatic heterocycles. The van der Waals surface area contributed by atoms with Gasteiger partial charge in [-0.2, -0.15) is 0 Å². The second kappa shape index (κ2) is 11.1. The molecule has 4 nitrogen and oxygen atoms in total. The minimum Gasteiger partial charge on any atom is -0.390 e. The monoisotopic (exact) mass is 494 g/mol. The van der Waals surface area contributed by atoms with Gasteiger partial charge >= 0.3 is 0 Å². The summed E-state index contributed by atoms with van der Waals surface area (Å²) in [5.41, 5.74) is 5.81. The molecule has 1 aliphatic carbocycles. The van der Waals surface area contributed by atoms with Gasteiger partial charge in [0.05, 0.1) is 17.7 Å². The summed E-state index contributed by atoms with van der Waals surface area (Å²) in [6, 6.07) is 30.0. The van der Waals surface area contributed by atoms with E-state index in [1.807, 2.05) is 48.5 Å². The molecule has 4 aromatic carbocycles. The number of rotatable bonds is 8. The molecular formula is C32H31FN2O2. The van der Waals surface area contributed by atoms with Crippen molar-refractivity contribution in [2.75, 3.05) is 6.54 Å². The molecule has 5 heteroatoms. The van der Waals surface area contributed by atoms with Crippen molar-refractivity contribution >= 4 is 5.91 Å². The molecule has 3 N–H and O–H groups in total. The van der Waals surface area contributed by atoms with Crippen molar-refractivity contribution in [3.63, 3.8) is 0 Å². The summed E-state index contributed by atoms with van der Waals surface area (Å²) >= 11 is 0. The first-order valence-electron chi connectivity index (χ1n) is 12.7. The maximum atomic E-state index is 14.9. The number of amides is 1. The Morgan fingerprint density at radius 3 is 2.41 bits per heavy atom. The minimum absolute atomic E-state index is 0.0342. The second-order valence-corrected chi connectivity index (χ2v) is 9.76. The van der Waals surface area contributed by atoms with Crippen LogP contribution >= 0.6 is 0 Å². The maximum absolute atomic E-state index is 14.9. The highest BCUT2D eigenvalue weighted by Gasteiger charge is 2.33. The Labute approximate surface area is 217 Å². The van der Waals surface area contributed by atoms with Crippen LogP contribution < -0.4 is 10.6 Å². The topological polar surface area (TPSA) is 61.4 Å². The summed E-state index contributed by atoms with van der Waals surface area (Å²) in [5, 5.41) is 17.1. The van der Waals surface area contributed by atoms with E-state index in [2.05, 4.69) is 47.9 Å². The van der Waals surface area contributed by atoms with Crippen LogP contribution in [0.15, 0.2) is 97.1 Å². The Kier molecular flexibility index (Phi) is 7.45. The molecule has 188 valence electrons. The largest absolute Gasteiger partial charge is 0.390 e. The molecule has 0 spiro atoms. The van der Waals surface area contributed by atoms with E-state index in [9.17, 15) is 14.3 Å². The standard InChI is InChI=1S/C32H31FN2O2/c1-21(23-8-4-2-5-9-23)19-34-20-22-12-13-26-18-30(36)31(28(26)16-22)35-32(37)27-15-14-25(17-29(27)33)24-10-6-3-7-11-24/h2-17,21,30-31,34,36H,18-20H2,1H3,(H,35,37)/t21?,30-,31-/m1/s1. The Hall–Kier alpha value is -3.80. The van der Waals surface area contributed by atoms with Gasteiger partial charge in [-0.15, -0.1) is 0 Å². The number of benzene rings is 4. The lowest BCUT2D eigenvalue weighted by Gasteiger charge is -2.19. The highest BCUT2D eigenvalue weighted by Crippen LogP contribution is 2.33. The van der Waals surface area contributed by atoms with E-state index >= 15 is 0 Å². The third kappa shape index (κ3) is 5.63. The van der Waals surface area contributed by atoms with Crippen molar-refractivity contribution < 1.29 is 14.3 Å². The number of aliphatic hydroxyl groups is 1. The summed E-state index contributed by atoms with van der Waals surface area (Å²) in [6.45, 7) is 3.71. The SMILES string of the molecule is CC(CNCc1ccc2c(c1)[C@@H](NC(=O)c1ccc(-c3ccccc3)cc1F)[C@H](O)C2)c1ccccc1. The highest BCUT2D eigenvalue weighted by molar-refractivity contribution is 5.95. The zero-order chi connectivity index (χ0) is 25.8. The Morgan fingerprint density at radius 1 is 0.946 bits per heavy atom. The number of fused-ring (bicyclic) bond motifs is 1. The lowest BCUT2D eigenvalue weighted by atomic mass is 10.0. The Morgan fingerprint density at radius 2 is 1.68 bits per heavy atom. The number of nitrogens with one attached hydrogen (secondary N) is 2. The molecule has 0 radical (unpaired) electrons. The predicted octanol–water partition coefficient (Wildman–Crippen LogP) is 5.77. The first-order valence-corrected chi connectivity index (χ1v) is 12.7. The van der Waals surface area contributed by atoms with Gasteiger partial charge in [-0.05, 0) is 51.4 Å². The van der Waals surface area contributed by atoms with Gasteiger partial charge in [0, 0.05) is 19.5 Å². The van der Waals surface area contributed by atoms with Gasteiger partial charge in [0.2, 0.25) is 0 Å². The fourth-order valence-electron chi connectivity index (χ4n) is 5.01. The van der Waals surface area contributed by atoms with Crippen LogP contribution in [0.2, 0.25) is 0 Å². The van der Waals surface area contributed by atoms with E-state index in [-0.39, 0.29) is 5.56 Å². The van der Waals surface area contributed by atoms with Gasteiger partial charge in [0.15, 0.2) is 0 Å². The highest BCUT2D eigenvalue weighted by atomic mass is 19.1. The van der Waals surface area contributed by atoms with E-state index in [1.165, 1.54) is 17.7 Å². The van der Waals surface area contributed by atoms with Crippen molar-refractivity contribution in [3.8, 4) is 11.1 Å². The van der Waals surface area contributed by atoms with Crippen LogP contribution in [0.3, 0.4) is 0 Å². The molecule has 3 atom stereocenters. The van der Waals surface area contributed by atoms with E-state index in [0.717, 1.165) is 28.8 Å². The number of halogens is 1. The van der Waals surface area contributed by atoms with E-state index in [4.69, 9.17) is 0 Å². The molecule has 0 heterocycles. The number of aliphatic hydroxyl groups excluding tert-OH is 1. The molecular weight excluding hydrogens is 463 g/mol. The zero-order valence-electron chi connectivity index (χ0n) is 20.8. The molecule has 0 bridgehead atoms.